The molecule has 3 saturated heterocycles. The molecule has 9 heteroatoms. The molecule has 0 aliphatic carbocycles. The Bertz CT molecular complexity index is 310. The maximum absolute atomic E-state index is 2.72. The van der Waals surface area contributed by atoms with E-state index in [1.165, 1.54) is 64.7 Å². The lowest BCUT2D eigenvalue weighted by Gasteiger charge is -2.38. The normalized spacial score (nSPS) is 28.2. The predicted octanol–water partition coefficient (Wildman–Crippen LogP) is 6.13. The highest BCUT2D eigenvalue weighted by atomic mass is 34.1. The van der Waals surface area contributed by atoms with Crippen molar-refractivity contribution in [2.75, 3.05) is 26.2 Å². The molecule has 0 atom stereocenters. The number of likely N-dealkylation sites (tertiary alicyclic amines) is 2. The van der Waals surface area contributed by atoms with Gasteiger partial charge < -0.3 is 0 Å². The van der Waals surface area contributed by atoms with Crippen molar-refractivity contribution in [2.24, 2.45) is 0 Å². The van der Waals surface area contributed by atoms with Crippen LogP contribution in [-0.2, 0) is 0 Å². The fourth-order valence-electron chi connectivity index (χ4n) is 2.75. The first-order chi connectivity index (χ1) is 9.95. The maximum atomic E-state index is 2.72. The van der Waals surface area contributed by atoms with Crippen LogP contribution in [0.15, 0.2) is 0 Å². The van der Waals surface area contributed by atoms with Crippen LogP contribution in [-0.4, -0.2) is 41.1 Å². The average molecular weight is 405 g/mol. The fraction of sp³-hybridized carbons (Fsp3) is 0.909. The Morgan fingerprint density at radius 1 is 0.600 bits per heavy atom. The number of hydrogen-bond acceptors (Lipinski definition) is 6. The molecule has 0 aromatic rings. The summed E-state index contributed by atoms with van der Waals surface area (Å²) in [6, 6.07) is 0. The quantitative estimate of drug-likeness (QED) is 0.347. The second-order valence-electron chi connectivity index (χ2n) is 5.02. The van der Waals surface area contributed by atoms with Crippen LogP contribution in [0.3, 0.4) is 0 Å². The van der Waals surface area contributed by atoms with Gasteiger partial charge in [0.1, 0.15) is 5.11 Å². The van der Waals surface area contributed by atoms with E-state index in [1.807, 2.05) is 39.3 Å². The Labute approximate surface area is 146 Å². The van der Waals surface area contributed by atoms with Gasteiger partial charge in [-0.05, 0) is 93.2 Å². The molecule has 3 aliphatic rings. The molecule has 3 rings (SSSR count). The molecule has 0 saturated carbocycles. The summed E-state index contributed by atoms with van der Waals surface area (Å²) in [6.07, 6.45) is 8.38. The Morgan fingerprint density at radius 2 is 1.05 bits per heavy atom. The molecule has 0 amide bonds. The van der Waals surface area contributed by atoms with Crippen LogP contribution in [0.2, 0.25) is 0 Å². The molecule has 3 aliphatic heterocycles. The number of hydrogen-bond donors (Lipinski definition) is 0. The van der Waals surface area contributed by atoms with Crippen molar-refractivity contribution < 1.29 is 0 Å². The van der Waals surface area contributed by atoms with Crippen LogP contribution in [0.4, 0.5) is 0 Å². The van der Waals surface area contributed by atoms with Crippen LogP contribution < -0.4 is 0 Å². The molecule has 0 N–H and O–H groups in total. The van der Waals surface area contributed by atoms with Gasteiger partial charge in [-0.15, -0.1) is 0 Å². The van der Waals surface area contributed by atoms with Crippen molar-refractivity contribution in [1.29, 1.82) is 0 Å². The highest BCUT2D eigenvalue weighted by Crippen LogP contribution is 2.70. The van der Waals surface area contributed by atoms with E-state index < -0.39 is 0 Å². The molecule has 0 aromatic carbocycles. The molecule has 0 spiro atoms. The van der Waals surface area contributed by atoms with E-state index in [4.69, 9.17) is 0 Å². The van der Waals surface area contributed by atoms with E-state index in [0.717, 1.165) is 0 Å². The van der Waals surface area contributed by atoms with Gasteiger partial charge in [0.2, 0.25) is 0 Å². The third-order valence-corrected chi connectivity index (χ3v) is 22.7. The first-order valence-corrected chi connectivity index (χ1v) is 16.8. The SMILES string of the molecule is C1CCN(C(N2CCCCC2)=S2SSSSSS2)CC1. The van der Waals surface area contributed by atoms with Crippen LogP contribution in [0, 0.1) is 0 Å². The van der Waals surface area contributed by atoms with Gasteiger partial charge >= 0.3 is 0 Å². The number of piperidine rings is 2. The first-order valence-electron chi connectivity index (χ1n) is 7.08. The van der Waals surface area contributed by atoms with Crippen LogP contribution in [0.25, 0.3) is 0 Å². The predicted molar refractivity (Wildman–Crippen MR) is 109 cm³/mol. The maximum Gasteiger partial charge on any atom is 0.110 e. The second kappa shape index (κ2) is 9.52. The Morgan fingerprint density at radius 3 is 1.50 bits per heavy atom. The van der Waals surface area contributed by atoms with Gasteiger partial charge in [-0.25, -0.2) is 0 Å². The summed E-state index contributed by atoms with van der Waals surface area (Å²) in [5.74, 6) is 0. The monoisotopic (exact) mass is 404 g/mol. The van der Waals surface area contributed by atoms with E-state index in [1.54, 1.807) is 5.11 Å². The largest absolute Gasteiger partial charge is 0.259 e. The molecule has 3 heterocycles. The van der Waals surface area contributed by atoms with Gasteiger partial charge in [0.05, 0.1) is 0 Å². The minimum atomic E-state index is 0.291. The molecule has 0 radical (unpaired) electrons. The summed E-state index contributed by atoms with van der Waals surface area (Å²) in [4.78, 5) is 5.44. The van der Waals surface area contributed by atoms with Crippen molar-refractivity contribution in [3.8, 4) is 0 Å². The molecule has 0 aromatic heterocycles. The van der Waals surface area contributed by atoms with E-state index in [2.05, 4.69) is 29.5 Å². The Kier molecular flexibility index (Phi) is 8.12. The lowest BCUT2D eigenvalue weighted by molar-refractivity contribution is 0.266. The standard InChI is InChI=1S/C11H20N2S7/c1-3-7-12(8-4-1)11(13-9-5-2-6-10-13)20-18-16-14-15-17-19-20/h1-10H2. The Hall–Kier alpha value is 2.24. The summed E-state index contributed by atoms with van der Waals surface area (Å²) < 4.78 is 0. The van der Waals surface area contributed by atoms with Crippen molar-refractivity contribution in [3.63, 3.8) is 0 Å². The van der Waals surface area contributed by atoms with E-state index in [9.17, 15) is 0 Å². The molecule has 0 bridgehead atoms. The molecule has 2 nitrogen and oxygen atoms in total. The Balaban J connectivity index is 1.82. The lowest BCUT2D eigenvalue weighted by atomic mass is 10.1. The van der Waals surface area contributed by atoms with E-state index in [-0.39, 0.29) is 0 Å². The highest BCUT2D eigenvalue weighted by molar-refractivity contribution is 9.61. The molecule has 0 unspecified atom stereocenters. The minimum absolute atomic E-state index is 0.291. The molecule has 3 fully saturated rings. The van der Waals surface area contributed by atoms with Gasteiger partial charge in [0.25, 0.3) is 0 Å². The van der Waals surface area contributed by atoms with Gasteiger partial charge in [-0.1, -0.05) is 12.8 Å². The molecule has 116 valence electrons. The van der Waals surface area contributed by atoms with Crippen molar-refractivity contribution in [3.05, 3.63) is 0 Å². The average Bonchev–Trinajstić information content (AvgIpc) is 2.79. The summed E-state index contributed by atoms with van der Waals surface area (Å²) >= 11 is 0. The molecule has 20 heavy (non-hydrogen) atoms. The smallest absolute Gasteiger partial charge is 0.110 e. The van der Waals surface area contributed by atoms with Crippen LogP contribution in [0.5, 0.6) is 0 Å². The highest BCUT2D eigenvalue weighted by Gasteiger charge is 2.27. The van der Waals surface area contributed by atoms with Crippen molar-refractivity contribution >= 4 is 72.6 Å². The minimum Gasteiger partial charge on any atom is -0.259 e. The number of nitrogens with zero attached hydrogens (tertiary/aromatic N) is 2. The topological polar surface area (TPSA) is 6.48 Å². The van der Waals surface area contributed by atoms with Crippen molar-refractivity contribution in [2.45, 2.75) is 38.5 Å². The zero-order valence-corrected chi connectivity index (χ0v) is 17.0. The summed E-state index contributed by atoms with van der Waals surface area (Å²) in [5.41, 5.74) is 0. The second-order valence-corrected chi connectivity index (χ2v) is 19.1. The van der Waals surface area contributed by atoms with Gasteiger partial charge in [0, 0.05) is 26.2 Å². The van der Waals surface area contributed by atoms with Crippen LogP contribution in [0.1, 0.15) is 38.5 Å². The summed E-state index contributed by atoms with van der Waals surface area (Å²) in [6.45, 7) is 5.14. The third-order valence-electron chi connectivity index (χ3n) is 3.66. The van der Waals surface area contributed by atoms with Gasteiger partial charge in [0.15, 0.2) is 0 Å². The first kappa shape index (κ1) is 17.1. The zero-order chi connectivity index (χ0) is 13.6. The summed E-state index contributed by atoms with van der Waals surface area (Å²) in [5, 5.41) is 1.67. The van der Waals surface area contributed by atoms with Gasteiger partial charge in [-0.2, -0.15) is 0 Å². The fourth-order valence-corrected chi connectivity index (χ4v) is 27.8. The van der Waals surface area contributed by atoms with E-state index in [0.29, 0.717) is 8.55 Å². The van der Waals surface area contributed by atoms with Gasteiger partial charge in [-0.3, -0.25) is 9.80 Å². The third kappa shape index (κ3) is 4.87. The van der Waals surface area contributed by atoms with Crippen molar-refractivity contribution in [1.82, 2.24) is 9.80 Å². The summed E-state index contributed by atoms with van der Waals surface area (Å²) in [7, 11) is 12.3. The zero-order valence-electron chi connectivity index (χ0n) is 11.3. The molecular formula is C11H20N2S7. The van der Waals surface area contributed by atoms with E-state index >= 15 is 0 Å². The lowest BCUT2D eigenvalue weighted by Crippen LogP contribution is -2.48. The molecular weight excluding hydrogens is 385 g/mol. The number of rotatable bonds is 0. The van der Waals surface area contributed by atoms with Crippen LogP contribution >= 0.6 is 67.5 Å².